The lowest BCUT2D eigenvalue weighted by atomic mass is 10.1. The summed E-state index contributed by atoms with van der Waals surface area (Å²) in [4.78, 5) is 3.99. The molecule has 0 atom stereocenters. The molecule has 3 aromatic rings. The van der Waals surface area contributed by atoms with Gasteiger partial charge in [0.25, 0.3) is 3.12 Å². The normalized spacial score (nSPS) is 10.1. The fourth-order valence-corrected chi connectivity index (χ4v) is 2.63. The van der Waals surface area contributed by atoms with E-state index in [1.54, 1.807) is 18.2 Å². The van der Waals surface area contributed by atoms with Crippen molar-refractivity contribution in [2.75, 3.05) is 0 Å². The van der Waals surface area contributed by atoms with Crippen LogP contribution < -0.4 is 5.73 Å². The quantitative estimate of drug-likeness (QED) is 0.181. The van der Waals surface area contributed by atoms with Gasteiger partial charge in [-0.05, 0) is 69.2 Å². The van der Waals surface area contributed by atoms with Gasteiger partial charge in [-0.2, -0.15) is 4.37 Å². The molecule has 1 aromatic heterocycles. The second kappa shape index (κ2) is 16.1. The highest BCUT2D eigenvalue weighted by Gasteiger charge is 2.17. The van der Waals surface area contributed by atoms with E-state index in [0.29, 0.717) is 34.1 Å². The Balaban J connectivity index is 0.000000480. The number of aromatic nitrogens is 2. The predicted molar refractivity (Wildman–Crippen MR) is 137 cm³/mol. The van der Waals surface area contributed by atoms with Crippen LogP contribution in [0.25, 0.3) is 0 Å². The van der Waals surface area contributed by atoms with Crippen LogP contribution in [-0.4, -0.2) is 18.3 Å². The van der Waals surface area contributed by atoms with Crippen molar-refractivity contribution in [2.24, 2.45) is 5.73 Å². The molecule has 3 rings (SSSR count). The van der Waals surface area contributed by atoms with Gasteiger partial charge in [-0.3, -0.25) is 5.41 Å². The van der Waals surface area contributed by atoms with Crippen molar-refractivity contribution in [1.82, 2.24) is 9.36 Å². The first-order valence-electron chi connectivity index (χ1n) is 8.15. The van der Waals surface area contributed by atoms with Gasteiger partial charge in [-0.25, -0.2) is 13.8 Å². The van der Waals surface area contributed by atoms with Gasteiger partial charge in [0, 0.05) is 23.8 Å². The maximum absolute atomic E-state index is 12.8. The lowest BCUT2D eigenvalue weighted by Crippen LogP contribution is -2.12. The molecule has 0 bridgehead atoms. The van der Waals surface area contributed by atoms with Crippen LogP contribution in [-0.2, 0) is 12.8 Å². The number of hydrogen-bond donors (Lipinski definition) is 2. The van der Waals surface area contributed by atoms with Gasteiger partial charge in [0.1, 0.15) is 17.5 Å². The van der Waals surface area contributed by atoms with Crippen molar-refractivity contribution in [3.05, 3.63) is 81.6 Å². The van der Waals surface area contributed by atoms with Crippen LogP contribution in [0.5, 0.6) is 0 Å². The van der Waals surface area contributed by atoms with E-state index in [1.807, 2.05) is 6.07 Å². The lowest BCUT2D eigenvalue weighted by Gasteiger charge is -1.99. The molecule has 32 heavy (non-hydrogen) atoms. The summed E-state index contributed by atoms with van der Waals surface area (Å²) in [5.41, 5.74) is 6.72. The Morgan fingerprint density at radius 1 is 1.06 bits per heavy atom. The fourth-order valence-electron chi connectivity index (χ4n) is 2.00. The number of benzene rings is 2. The average Bonchev–Trinajstić information content (AvgIpc) is 3.06. The van der Waals surface area contributed by atoms with Crippen LogP contribution in [0, 0.1) is 17.0 Å². The van der Waals surface area contributed by atoms with Crippen LogP contribution >= 0.6 is 92.0 Å². The third-order valence-corrected chi connectivity index (χ3v) is 6.18. The molecule has 0 radical (unpaired) electrons. The van der Waals surface area contributed by atoms with Crippen molar-refractivity contribution in [3.8, 4) is 0 Å². The largest absolute Gasteiger partial charge is 0.387 e. The van der Waals surface area contributed by atoms with E-state index in [-0.39, 0.29) is 29.9 Å². The molecular formula is C18H16Cl6F2N4S2. The molecule has 0 saturated carbocycles. The molecule has 0 fully saturated rings. The second-order valence-electron chi connectivity index (χ2n) is 5.63. The van der Waals surface area contributed by atoms with Crippen LogP contribution in [0.4, 0.5) is 8.78 Å². The molecule has 1 heterocycles. The summed E-state index contributed by atoms with van der Waals surface area (Å²) in [6.07, 6.45) is 0.832. The summed E-state index contributed by atoms with van der Waals surface area (Å²) in [6.45, 7) is 0. The van der Waals surface area contributed by atoms with Gasteiger partial charge in [0.05, 0.1) is 5.84 Å². The van der Waals surface area contributed by atoms with E-state index >= 15 is 0 Å². The first-order valence-corrected chi connectivity index (χ1v) is 12.1. The number of nitrogens with two attached hydrogens (primary N) is 1. The van der Waals surface area contributed by atoms with Gasteiger partial charge in [-0.1, -0.05) is 59.1 Å². The Morgan fingerprint density at radius 2 is 1.56 bits per heavy atom. The summed E-state index contributed by atoms with van der Waals surface area (Å²) >= 11 is 22.0. The van der Waals surface area contributed by atoms with Crippen molar-refractivity contribution in [3.63, 3.8) is 0 Å². The minimum absolute atomic E-state index is 0. The monoisotopic (exact) mass is 600 g/mol. The van der Waals surface area contributed by atoms with Crippen molar-refractivity contribution in [1.29, 1.82) is 5.41 Å². The zero-order valence-electron chi connectivity index (χ0n) is 15.9. The van der Waals surface area contributed by atoms with E-state index in [9.17, 15) is 8.78 Å². The Kier molecular flexibility index (Phi) is 15.8. The maximum atomic E-state index is 12.8. The molecule has 0 aliphatic rings. The highest BCUT2D eigenvalue weighted by molar-refractivity contribution is 8.24. The number of rotatable bonds is 4. The summed E-state index contributed by atoms with van der Waals surface area (Å²) in [7, 11) is 5.65. The smallest absolute Gasteiger partial charge is 0.251 e. The van der Waals surface area contributed by atoms with Crippen LogP contribution in [0.2, 0.25) is 4.47 Å². The van der Waals surface area contributed by atoms with Gasteiger partial charge < -0.3 is 5.73 Å². The molecule has 0 aliphatic heterocycles. The fraction of sp³-hybridized carbons (Fsp3) is 0.167. The first-order chi connectivity index (χ1) is 14.5. The van der Waals surface area contributed by atoms with E-state index in [1.165, 1.54) is 24.3 Å². The third-order valence-electron chi connectivity index (χ3n) is 3.07. The van der Waals surface area contributed by atoms with Crippen LogP contribution in [0.3, 0.4) is 0 Å². The minimum Gasteiger partial charge on any atom is -0.387 e. The van der Waals surface area contributed by atoms with Crippen molar-refractivity contribution < 1.29 is 8.78 Å². The Bertz CT molecular complexity index is 972. The molecule has 0 spiro atoms. The van der Waals surface area contributed by atoms with Gasteiger partial charge in [0.15, 0.2) is 0 Å². The zero-order chi connectivity index (χ0) is 23.4. The highest BCUT2D eigenvalue weighted by atomic mass is 35.7. The van der Waals surface area contributed by atoms with Crippen molar-refractivity contribution in [2.45, 2.75) is 16.0 Å². The van der Waals surface area contributed by atoms with E-state index in [4.69, 9.17) is 68.2 Å². The number of halogens is 8. The van der Waals surface area contributed by atoms with Crippen LogP contribution in [0.15, 0.2) is 48.5 Å². The number of alkyl halides is 3. The molecule has 3 N–H and O–H groups in total. The summed E-state index contributed by atoms with van der Waals surface area (Å²) in [5, 5.41) is 6.96. The Morgan fingerprint density at radius 3 is 1.97 bits per heavy atom. The third kappa shape index (κ3) is 15.3. The molecule has 176 valence electrons. The average molecular weight is 603 g/mol. The minimum atomic E-state index is -1.36. The lowest BCUT2D eigenvalue weighted by molar-refractivity contribution is 0.625. The number of nitrogens with one attached hydrogen (secondary N) is 1. The zero-order valence-corrected chi connectivity index (χ0v) is 22.1. The molecular weight excluding hydrogens is 587 g/mol. The molecule has 0 amide bonds. The van der Waals surface area contributed by atoms with E-state index < -0.39 is 3.12 Å². The highest BCUT2D eigenvalue weighted by Crippen LogP contribution is 2.40. The molecule has 2 aromatic carbocycles. The number of hydrogen-bond acceptors (Lipinski definition) is 5. The van der Waals surface area contributed by atoms with E-state index in [2.05, 4.69) is 9.36 Å². The first kappa shape index (κ1) is 31.4. The maximum Gasteiger partial charge on any atom is 0.251 e. The molecule has 0 aliphatic carbocycles. The Hall–Kier alpha value is -0.580. The topological polar surface area (TPSA) is 75.7 Å². The second-order valence-corrected chi connectivity index (χ2v) is 11.1. The van der Waals surface area contributed by atoms with E-state index in [0.717, 1.165) is 22.7 Å². The van der Waals surface area contributed by atoms with Crippen LogP contribution in [0.1, 0.15) is 17.0 Å². The summed E-state index contributed by atoms with van der Waals surface area (Å²) < 4.78 is 28.4. The van der Waals surface area contributed by atoms with Crippen molar-refractivity contribution >= 4 is 97.8 Å². The molecule has 4 nitrogen and oxygen atoms in total. The molecule has 0 unspecified atom stereocenters. The molecule has 14 heteroatoms. The standard InChI is InChI=1S/C9H6ClFN2S.C8H9FN2.CCl4S.ClH/c10-9-12-8(13-14-9)5-6-2-1-3-7(11)4-6;9-7-3-1-2-6(4-7)5-8(10)11;2-1(3,4)6-5;/h1-4H,5H2;1-4H,5H2,(H3,10,11);;1H. The summed E-state index contributed by atoms with van der Waals surface area (Å²) in [5.74, 6) is 0.147. The van der Waals surface area contributed by atoms with Gasteiger partial charge >= 0.3 is 0 Å². The Labute approximate surface area is 223 Å². The predicted octanol–water partition coefficient (Wildman–Crippen LogP) is 7.85. The number of amidine groups is 1. The summed E-state index contributed by atoms with van der Waals surface area (Å²) in [6, 6.07) is 12.5. The number of nitrogens with zero attached hydrogens (tertiary/aromatic N) is 2. The van der Waals surface area contributed by atoms with Gasteiger partial charge in [-0.15, -0.1) is 12.4 Å². The molecule has 0 saturated heterocycles. The van der Waals surface area contributed by atoms with Gasteiger partial charge in [0.2, 0.25) is 4.47 Å². The SMILES string of the molecule is Cl.ClSC(Cl)(Cl)Cl.Fc1cccc(Cc2nsc(Cl)n2)c1.N=C(N)Cc1cccc(F)c1.